The summed E-state index contributed by atoms with van der Waals surface area (Å²) < 4.78 is 0. The number of nitrogens with one attached hydrogen (secondary N) is 1. The maximum atomic E-state index is 12.9. The second-order valence-electron chi connectivity index (χ2n) is 9.27. The topological polar surface area (TPSA) is 42.0 Å². The molecular formula is C23H28N2OS2. The monoisotopic (exact) mass is 412 g/mol. The molecule has 6 rings (SSSR count). The number of hydrogen-bond donors (Lipinski definition) is 1. The molecular weight excluding hydrogens is 384 g/mol. The van der Waals surface area contributed by atoms with Gasteiger partial charge in [-0.2, -0.15) is 0 Å². The molecule has 0 saturated heterocycles. The zero-order chi connectivity index (χ0) is 19.1. The molecule has 4 fully saturated rings. The van der Waals surface area contributed by atoms with Gasteiger partial charge in [0.1, 0.15) is 0 Å². The summed E-state index contributed by atoms with van der Waals surface area (Å²) in [5.74, 6) is 3.70. The zero-order valence-corrected chi connectivity index (χ0v) is 18.0. The third-order valence-electron chi connectivity index (χ3n) is 7.34. The first-order chi connectivity index (χ1) is 13.6. The van der Waals surface area contributed by atoms with E-state index in [2.05, 4.69) is 34.7 Å². The largest absolute Gasteiger partial charge is 0.349 e. The Balaban J connectivity index is 1.20. The first-order valence-electron chi connectivity index (χ1n) is 10.5. The summed E-state index contributed by atoms with van der Waals surface area (Å²) in [7, 11) is 0. The van der Waals surface area contributed by atoms with E-state index >= 15 is 0 Å². The summed E-state index contributed by atoms with van der Waals surface area (Å²) in [6.45, 7) is 2.25. The minimum Gasteiger partial charge on any atom is -0.349 e. The number of carbonyl (C=O) groups is 1. The molecule has 1 aromatic carbocycles. The minimum atomic E-state index is 0.0827. The molecule has 0 aliphatic heterocycles. The zero-order valence-electron chi connectivity index (χ0n) is 16.4. The molecule has 2 aromatic rings. The van der Waals surface area contributed by atoms with Gasteiger partial charge in [0.15, 0.2) is 0 Å². The predicted octanol–water partition coefficient (Wildman–Crippen LogP) is 5.77. The maximum Gasteiger partial charge on any atom is 0.251 e. The van der Waals surface area contributed by atoms with Crippen LogP contribution in [-0.2, 0) is 5.75 Å². The molecule has 4 bridgehead atoms. The van der Waals surface area contributed by atoms with Gasteiger partial charge in [-0.25, -0.2) is 4.98 Å². The molecule has 3 nitrogen and oxygen atoms in total. The van der Waals surface area contributed by atoms with Crippen LogP contribution in [-0.4, -0.2) is 16.9 Å². The van der Waals surface area contributed by atoms with Crippen molar-refractivity contribution in [2.24, 2.45) is 23.2 Å². The standard InChI is InChI=1S/C23H28N2OS2/c1-15(23-9-16-6-17(10-23)8-18(7-16)11-23)25-22(26)19-2-4-21(5-3-19)28-13-20-12-27-14-24-20/h2-5,12,14-18H,6-11,13H2,1H3,(H,25,26). The van der Waals surface area contributed by atoms with Crippen LogP contribution in [0.5, 0.6) is 0 Å². The molecule has 0 radical (unpaired) electrons. The Morgan fingerprint density at radius 2 is 1.82 bits per heavy atom. The average molecular weight is 413 g/mol. The molecule has 4 aliphatic carbocycles. The molecule has 28 heavy (non-hydrogen) atoms. The number of nitrogens with zero attached hydrogens (tertiary/aromatic N) is 1. The summed E-state index contributed by atoms with van der Waals surface area (Å²) in [5.41, 5.74) is 4.11. The third-order valence-corrected chi connectivity index (χ3v) is 9.02. The Morgan fingerprint density at radius 3 is 2.39 bits per heavy atom. The summed E-state index contributed by atoms with van der Waals surface area (Å²) in [4.78, 5) is 18.4. The van der Waals surface area contributed by atoms with E-state index in [-0.39, 0.29) is 11.9 Å². The van der Waals surface area contributed by atoms with Gasteiger partial charge in [-0.05, 0) is 92.9 Å². The highest BCUT2D eigenvalue weighted by Gasteiger charge is 2.53. The summed E-state index contributed by atoms with van der Waals surface area (Å²) >= 11 is 3.39. The normalized spacial score (nSPS) is 31.7. The van der Waals surface area contributed by atoms with Gasteiger partial charge < -0.3 is 5.32 Å². The smallest absolute Gasteiger partial charge is 0.251 e. The third kappa shape index (κ3) is 3.63. The van der Waals surface area contributed by atoms with Crippen molar-refractivity contribution in [2.45, 2.75) is 62.1 Å². The number of thioether (sulfide) groups is 1. The first-order valence-corrected chi connectivity index (χ1v) is 12.4. The van der Waals surface area contributed by atoms with Gasteiger partial charge in [0.25, 0.3) is 5.91 Å². The fourth-order valence-electron chi connectivity index (χ4n) is 6.31. The number of aromatic nitrogens is 1. The highest BCUT2D eigenvalue weighted by atomic mass is 32.2. The van der Waals surface area contributed by atoms with E-state index in [0.29, 0.717) is 5.41 Å². The molecule has 1 atom stereocenters. The molecule has 1 N–H and O–H groups in total. The number of hydrogen-bond acceptors (Lipinski definition) is 4. The summed E-state index contributed by atoms with van der Waals surface area (Å²) in [6, 6.07) is 8.31. The van der Waals surface area contributed by atoms with Gasteiger partial charge >= 0.3 is 0 Å². The van der Waals surface area contributed by atoms with Crippen molar-refractivity contribution >= 4 is 29.0 Å². The molecule has 148 valence electrons. The van der Waals surface area contributed by atoms with Gasteiger partial charge in [0.2, 0.25) is 0 Å². The van der Waals surface area contributed by atoms with Crippen LogP contribution in [0.25, 0.3) is 0 Å². The van der Waals surface area contributed by atoms with Gasteiger partial charge in [-0.3, -0.25) is 4.79 Å². The second kappa shape index (κ2) is 7.49. The SMILES string of the molecule is CC(NC(=O)c1ccc(SCc2cscn2)cc1)C12CC3CC(CC(C3)C1)C2. The van der Waals surface area contributed by atoms with Crippen molar-refractivity contribution in [3.05, 3.63) is 46.4 Å². The van der Waals surface area contributed by atoms with Crippen LogP contribution in [0.15, 0.2) is 40.1 Å². The fraction of sp³-hybridized carbons (Fsp3) is 0.565. The molecule has 1 heterocycles. The van der Waals surface area contributed by atoms with Crippen LogP contribution >= 0.6 is 23.1 Å². The minimum absolute atomic E-state index is 0.0827. The quantitative estimate of drug-likeness (QED) is 0.612. The Hall–Kier alpha value is -1.33. The van der Waals surface area contributed by atoms with Crippen molar-refractivity contribution < 1.29 is 4.79 Å². The Bertz CT molecular complexity index is 796. The molecule has 4 saturated carbocycles. The number of thiazole rings is 1. The van der Waals surface area contributed by atoms with Crippen LogP contribution in [0, 0.1) is 23.2 Å². The lowest BCUT2D eigenvalue weighted by atomic mass is 9.48. The van der Waals surface area contributed by atoms with E-state index in [1.54, 1.807) is 23.1 Å². The second-order valence-corrected chi connectivity index (χ2v) is 11.0. The van der Waals surface area contributed by atoms with Crippen LogP contribution in [0.4, 0.5) is 0 Å². The van der Waals surface area contributed by atoms with Gasteiger partial charge in [0, 0.05) is 27.6 Å². The lowest BCUT2D eigenvalue weighted by molar-refractivity contribution is -0.0688. The van der Waals surface area contributed by atoms with Crippen molar-refractivity contribution in [1.29, 1.82) is 0 Å². The van der Waals surface area contributed by atoms with Crippen LogP contribution in [0.3, 0.4) is 0 Å². The highest BCUT2D eigenvalue weighted by molar-refractivity contribution is 7.98. The van der Waals surface area contributed by atoms with Crippen LogP contribution in [0.1, 0.15) is 61.5 Å². The molecule has 1 amide bonds. The maximum absolute atomic E-state index is 12.9. The predicted molar refractivity (Wildman–Crippen MR) is 116 cm³/mol. The van der Waals surface area contributed by atoms with E-state index in [4.69, 9.17) is 0 Å². The van der Waals surface area contributed by atoms with E-state index in [1.165, 1.54) is 43.4 Å². The van der Waals surface area contributed by atoms with Crippen molar-refractivity contribution in [3.63, 3.8) is 0 Å². The van der Waals surface area contributed by atoms with Crippen molar-refractivity contribution in [2.75, 3.05) is 0 Å². The van der Waals surface area contributed by atoms with Crippen molar-refractivity contribution in [3.8, 4) is 0 Å². The Labute approximate surface area is 175 Å². The van der Waals surface area contributed by atoms with E-state index in [9.17, 15) is 4.79 Å². The van der Waals surface area contributed by atoms with Gasteiger partial charge in [-0.1, -0.05) is 0 Å². The molecule has 1 aromatic heterocycles. The summed E-state index contributed by atoms with van der Waals surface area (Å²) in [6.07, 6.45) is 8.31. The van der Waals surface area contributed by atoms with Crippen LogP contribution < -0.4 is 5.32 Å². The molecule has 1 unspecified atom stereocenters. The van der Waals surface area contributed by atoms with E-state index in [1.807, 2.05) is 17.6 Å². The number of rotatable bonds is 6. The van der Waals surface area contributed by atoms with Crippen molar-refractivity contribution in [1.82, 2.24) is 10.3 Å². The molecule has 5 heteroatoms. The molecule has 4 aliphatic rings. The van der Waals surface area contributed by atoms with Gasteiger partial charge in [-0.15, -0.1) is 23.1 Å². The van der Waals surface area contributed by atoms with Gasteiger partial charge in [0.05, 0.1) is 11.2 Å². The van der Waals surface area contributed by atoms with Crippen LogP contribution in [0.2, 0.25) is 0 Å². The summed E-state index contributed by atoms with van der Waals surface area (Å²) in [5, 5.41) is 5.46. The number of amides is 1. The highest BCUT2D eigenvalue weighted by Crippen LogP contribution is 2.61. The average Bonchev–Trinajstić information content (AvgIpc) is 3.19. The number of benzene rings is 1. The molecule has 0 spiro atoms. The Morgan fingerprint density at radius 1 is 1.18 bits per heavy atom. The first kappa shape index (κ1) is 18.7. The lowest BCUT2D eigenvalue weighted by Gasteiger charge is -2.59. The fourth-order valence-corrected chi connectivity index (χ4v) is 7.77. The Kier molecular flexibility index (Phi) is 5.00. The number of carbonyl (C=O) groups excluding carboxylic acids is 1. The van der Waals surface area contributed by atoms with E-state index in [0.717, 1.165) is 34.8 Å². The lowest BCUT2D eigenvalue weighted by Crippen LogP contribution is -2.55. The van der Waals surface area contributed by atoms with E-state index < -0.39 is 0 Å².